The molecular formula is C14H14O2Os. The molecule has 0 radical (unpaired) electrons. The molecule has 0 atom stereocenters. The maximum atomic E-state index is 11.1. The van der Waals surface area contributed by atoms with E-state index < -0.39 is 0 Å². The van der Waals surface area contributed by atoms with Crippen LogP contribution >= 0.6 is 0 Å². The summed E-state index contributed by atoms with van der Waals surface area (Å²) in [6, 6.07) is 10.0. The smallest absolute Gasteiger partial charge is 0.875 e. The second-order valence-corrected chi connectivity index (χ2v) is 3.44. The third-order valence-electron chi connectivity index (χ3n) is 1.95. The molecule has 0 spiro atoms. The molecule has 1 aliphatic carbocycles. The molecule has 0 unspecified atom stereocenters. The molecule has 0 bridgehead atoms. The van der Waals surface area contributed by atoms with E-state index in [0.717, 1.165) is 0 Å². The molecule has 2 nitrogen and oxygen atoms in total. The molecule has 0 heterocycles. The summed E-state index contributed by atoms with van der Waals surface area (Å²) < 4.78 is 0. The van der Waals surface area contributed by atoms with Crippen molar-refractivity contribution in [3.8, 4) is 0 Å². The van der Waals surface area contributed by atoms with Gasteiger partial charge in [-0.3, -0.25) is 4.79 Å². The van der Waals surface area contributed by atoms with E-state index in [4.69, 9.17) is 0 Å². The zero-order valence-electron chi connectivity index (χ0n) is 9.57. The van der Waals surface area contributed by atoms with E-state index in [1.165, 1.54) is 6.92 Å². The molecule has 0 aliphatic heterocycles. The Kier molecular flexibility index (Phi) is 8.10. The van der Waals surface area contributed by atoms with Gasteiger partial charge in [-0.1, -0.05) is 24.3 Å². The Morgan fingerprint density at radius 1 is 1.24 bits per heavy atom. The standard InChI is InChI=1S/C9H10O2.C5H5.Os/c1-7(10)6-9(11)8-4-2-3-5-8;1-2-4-5-3-1;/h2-5,11H,6H2,1H3;1-5H;/q;-1;+2/p-1. The minimum Gasteiger partial charge on any atom is -0.875 e. The van der Waals surface area contributed by atoms with Crippen LogP contribution in [0.1, 0.15) is 13.3 Å². The minimum atomic E-state index is -0.0949. The van der Waals surface area contributed by atoms with Gasteiger partial charge in [-0.15, -0.1) is 5.76 Å². The van der Waals surface area contributed by atoms with Crippen LogP contribution in [-0.2, 0) is 24.6 Å². The van der Waals surface area contributed by atoms with Crippen molar-refractivity contribution in [1.82, 2.24) is 0 Å². The van der Waals surface area contributed by atoms with Crippen molar-refractivity contribution in [2.75, 3.05) is 0 Å². The van der Waals surface area contributed by atoms with Gasteiger partial charge in [0.05, 0.1) is 0 Å². The van der Waals surface area contributed by atoms with E-state index >= 15 is 0 Å². The molecule has 1 aromatic carbocycles. The summed E-state index contributed by atoms with van der Waals surface area (Å²) in [4.78, 5) is 10.5. The molecule has 1 aromatic rings. The van der Waals surface area contributed by atoms with Crippen LogP contribution in [0.5, 0.6) is 0 Å². The third-order valence-corrected chi connectivity index (χ3v) is 1.95. The second kappa shape index (κ2) is 8.79. The van der Waals surface area contributed by atoms with Crippen molar-refractivity contribution in [3.63, 3.8) is 0 Å². The monoisotopic (exact) mass is 406 g/mol. The van der Waals surface area contributed by atoms with Crippen LogP contribution in [0.15, 0.2) is 66.0 Å². The Morgan fingerprint density at radius 3 is 2.12 bits per heavy atom. The summed E-state index contributed by atoms with van der Waals surface area (Å²) in [5.74, 6) is -0.182. The number of carbonyl (C=O) groups excluding carboxylic acids is 1. The van der Waals surface area contributed by atoms with Crippen LogP contribution in [0, 0.1) is 0 Å². The quantitative estimate of drug-likeness (QED) is 0.560. The Balaban J connectivity index is 0.000000360. The van der Waals surface area contributed by atoms with E-state index in [1.54, 1.807) is 24.3 Å². The third kappa shape index (κ3) is 6.76. The van der Waals surface area contributed by atoms with Crippen LogP contribution in [0.4, 0.5) is 0 Å². The van der Waals surface area contributed by atoms with E-state index in [2.05, 4.69) is 0 Å². The molecule has 0 amide bonds. The zero-order chi connectivity index (χ0) is 11.8. The average molecular weight is 404 g/mol. The molecule has 0 saturated carbocycles. The molecule has 90 valence electrons. The molecule has 1 aliphatic rings. The SMILES string of the molecule is CC(=O)CC([O-])=C1C=CC=C1.[Os+2].c1cc[cH-]c1. The van der Waals surface area contributed by atoms with Crippen molar-refractivity contribution < 1.29 is 29.7 Å². The number of allylic oxidation sites excluding steroid dienone is 6. The Morgan fingerprint density at radius 2 is 1.76 bits per heavy atom. The summed E-state index contributed by atoms with van der Waals surface area (Å²) in [5, 5.41) is 11.1. The van der Waals surface area contributed by atoms with Gasteiger partial charge < -0.3 is 5.11 Å². The normalized spacial score (nSPS) is 11.5. The van der Waals surface area contributed by atoms with Gasteiger partial charge in [-0.05, 0) is 12.5 Å². The predicted octanol–water partition coefficient (Wildman–Crippen LogP) is 2.11. The predicted molar refractivity (Wildman–Crippen MR) is 62.6 cm³/mol. The number of hydrogen-bond donors (Lipinski definition) is 0. The minimum absolute atomic E-state index is 0. The van der Waals surface area contributed by atoms with Gasteiger partial charge in [0, 0.05) is 6.42 Å². The van der Waals surface area contributed by atoms with Gasteiger partial charge in [0.15, 0.2) is 0 Å². The van der Waals surface area contributed by atoms with E-state index in [1.807, 2.05) is 30.3 Å². The first-order valence-corrected chi connectivity index (χ1v) is 5.11. The first-order chi connectivity index (χ1) is 7.70. The van der Waals surface area contributed by atoms with Gasteiger partial charge >= 0.3 is 19.8 Å². The maximum absolute atomic E-state index is 11.1. The van der Waals surface area contributed by atoms with Crippen molar-refractivity contribution in [3.05, 3.63) is 66.0 Å². The molecule has 0 fully saturated rings. The van der Waals surface area contributed by atoms with Gasteiger partial charge in [-0.25, -0.2) is 12.1 Å². The van der Waals surface area contributed by atoms with Crippen molar-refractivity contribution in [2.24, 2.45) is 0 Å². The second-order valence-electron chi connectivity index (χ2n) is 3.44. The molecule has 3 heteroatoms. The Bertz CT molecular complexity index is 380. The topological polar surface area (TPSA) is 40.1 Å². The number of rotatable bonds is 2. The number of ketones is 1. The molecule has 0 saturated heterocycles. The molecule has 0 aromatic heterocycles. The van der Waals surface area contributed by atoms with Gasteiger partial charge in [0.1, 0.15) is 5.78 Å². The van der Waals surface area contributed by atoms with Crippen molar-refractivity contribution in [1.29, 1.82) is 0 Å². The Labute approximate surface area is 115 Å². The molecule has 2 rings (SSSR count). The van der Waals surface area contributed by atoms with E-state index in [9.17, 15) is 9.90 Å². The Hall–Kier alpha value is -1.32. The number of Topliss-reactive ketones (excluding diaryl/α,β-unsaturated/α-hetero) is 1. The first kappa shape index (κ1) is 15.7. The number of hydrogen-bond acceptors (Lipinski definition) is 2. The number of carbonyl (C=O) groups is 1. The molecular weight excluding hydrogens is 390 g/mol. The van der Waals surface area contributed by atoms with Gasteiger partial charge in [0.25, 0.3) is 0 Å². The first-order valence-electron chi connectivity index (χ1n) is 5.11. The van der Waals surface area contributed by atoms with Crippen molar-refractivity contribution >= 4 is 5.78 Å². The zero-order valence-corrected chi connectivity index (χ0v) is 12.1. The average Bonchev–Trinajstić information content (AvgIpc) is 2.94. The largest absolute Gasteiger partial charge is 2.00 e. The summed E-state index contributed by atoms with van der Waals surface area (Å²) >= 11 is 0. The van der Waals surface area contributed by atoms with Crippen LogP contribution in [0.2, 0.25) is 0 Å². The summed E-state index contributed by atoms with van der Waals surface area (Å²) in [5.41, 5.74) is 0.625. The summed E-state index contributed by atoms with van der Waals surface area (Å²) in [6.45, 7) is 1.42. The van der Waals surface area contributed by atoms with E-state index in [0.29, 0.717) is 5.57 Å². The fraction of sp³-hybridized carbons (Fsp3) is 0.143. The maximum Gasteiger partial charge on any atom is 2.00 e. The summed E-state index contributed by atoms with van der Waals surface area (Å²) in [7, 11) is 0. The fourth-order valence-electron chi connectivity index (χ4n) is 1.21. The van der Waals surface area contributed by atoms with Crippen LogP contribution in [0.25, 0.3) is 0 Å². The molecule has 0 N–H and O–H groups in total. The van der Waals surface area contributed by atoms with Crippen LogP contribution < -0.4 is 5.11 Å². The summed E-state index contributed by atoms with van der Waals surface area (Å²) in [6.07, 6.45) is 7.02. The fourth-order valence-corrected chi connectivity index (χ4v) is 1.21. The van der Waals surface area contributed by atoms with Crippen LogP contribution in [-0.4, -0.2) is 5.78 Å². The van der Waals surface area contributed by atoms with E-state index in [-0.39, 0.29) is 37.8 Å². The van der Waals surface area contributed by atoms with Gasteiger partial charge in [-0.2, -0.15) is 18.2 Å². The van der Waals surface area contributed by atoms with Gasteiger partial charge in [0.2, 0.25) is 0 Å². The molecule has 17 heavy (non-hydrogen) atoms. The van der Waals surface area contributed by atoms with Crippen molar-refractivity contribution in [2.45, 2.75) is 13.3 Å². The van der Waals surface area contributed by atoms with Crippen LogP contribution in [0.3, 0.4) is 0 Å².